The zero-order valence-corrected chi connectivity index (χ0v) is 9.25. The molecule has 1 nitrogen and oxygen atoms in total. The van der Waals surface area contributed by atoms with Gasteiger partial charge in [-0.05, 0) is 5.56 Å². The first-order valence-electron chi connectivity index (χ1n) is 4.44. The van der Waals surface area contributed by atoms with Crippen molar-refractivity contribution in [3.05, 3.63) is 42.1 Å². The second-order valence-electron chi connectivity index (χ2n) is 3.78. The van der Waals surface area contributed by atoms with E-state index in [1.165, 1.54) is 5.19 Å². The first-order chi connectivity index (χ1) is 6.10. The van der Waals surface area contributed by atoms with Gasteiger partial charge in [0.2, 0.25) is 0 Å². The zero-order valence-electron chi connectivity index (χ0n) is 8.25. The molecular formula is C11H16OSi. The fraction of sp³-hybridized carbons (Fsp3) is 0.273. The number of hydrogen-bond donors (Lipinski definition) is 1. The Morgan fingerprint density at radius 2 is 1.85 bits per heavy atom. The van der Waals surface area contributed by atoms with E-state index in [0.29, 0.717) is 0 Å². The van der Waals surface area contributed by atoms with Crippen LogP contribution in [0.2, 0.25) is 13.1 Å². The van der Waals surface area contributed by atoms with Gasteiger partial charge in [0, 0.05) is 0 Å². The third-order valence-corrected chi connectivity index (χ3v) is 5.23. The van der Waals surface area contributed by atoms with Gasteiger partial charge in [0.15, 0.2) is 0 Å². The molecule has 2 heteroatoms. The summed E-state index contributed by atoms with van der Waals surface area (Å²) in [5, 5.41) is 10.2. The maximum Gasteiger partial charge on any atom is 0.103 e. The molecule has 0 aromatic heterocycles. The predicted octanol–water partition coefficient (Wildman–Crippen LogP) is 1.82. The standard InChI is InChI=1S/C11H16OSi/c1-4-13(2,3)11-7-5-10(9-12)6-8-11/h4-8,12H,1,9H2,2-3H3. The molecule has 0 aliphatic heterocycles. The van der Waals surface area contributed by atoms with Crippen molar-refractivity contribution in [3.8, 4) is 0 Å². The molecule has 0 radical (unpaired) electrons. The number of benzene rings is 1. The molecule has 0 heterocycles. The molecule has 0 saturated carbocycles. The monoisotopic (exact) mass is 192 g/mol. The summed E-state index contributed by atoms with van der Waals surface area (Å²) >= 11 is 0. The van der Waals surface area contributed by atoms with Crippen molar-refractivity contribution in [2.45, 2.75) is 19.7 Å². The second-order valence-corrected chi connectivity index (χ2v) is 8.21. The Balaban J connectivity index is 2.98. The Bertz CT molecular complexity index is 287. The summed E-state index contributed by atoms with van der Waals surface area (Å²) in [6.07, 6.45) is 0. The Morgan fingerprint density at radius 3 is 2.23 bits per heavy atom. The molecule has 13 heavy (non-hydrogen) atoms. The maximum absolute atomic E-state index is 8.88. The van der Waals surface area contributed by atoms with Crippen molar-refractivity contribution in [3.63, 3.8) is 0 Å². The van der Waals surface area contributed by atoms with Gasteiger partial charge in [0.25, 0.3) is 0 Å². The van der Waals surface area contributed by atoms with Crippen LogP contribution >= 0.6 is 0 Å². The molecule has 0 amide bonds. The van der Waals surface area contributed by atoms with Crippen molar-refractivity contribution in [1.29, 1.82) is 0 Å². The average Bonchev–Trinajstić information content (AvgIpc) is 2.18. The molecule has 0 saturated heterocycles. The first kappa shape index (κ1) is 10.2. The Labute approximate surface area is 80.7 Å². The topological polar surface area (TPSA) is 20.2 Å². The van der Waals surface area contributed by atoms with Crippen LogP contribution in [0.4, 0.5) is 0 Å². The summed E-state index contributed by atoms with van der Waals surface area (Å²) in [7, 11) is -1.41. The maximum atomic E-state index is 8.88. The lowest BCUT2D eigenvalue weighted by atomic mass is 10.2. The van der Waals surface area contributed by atoms with Gasteiger partial charge in [0.1, 0.15) is 8.07 Å². The van der Waals surface area contributed by atoms with Gasteiger partial charge in [-0.1, -0.05) is 48.2 Å². The molecule has 1 aromatic rings. The molecule has 0 spiro atoms. The fourth-order valence-corrected chi connectivity index (χ4v) is 2.42. The summed E-state index contributed by atoms with van der Waals surface area (Å²) in [6, 6.07) is 8.15. The molecule has 0 bridgehead atoms. The summed E-state index contributed by atoms with van der Waals surface area (Å²) in [5.41, 5.74) is 3.04. The van der Waals surface area contributed by atoms with E-state index in [2.05, 4.69) is 37.5 Å². The van der Waals surface area contributed by atoms with E-state index in [0.717, 1.165) is 5.56 Å². The van der Waals surface area contributed by atoms with E-state index in [1.54, 1.807) is 0 Å². The number of aliphatic hydroxyl groups excluding tert-OH is 1. The van der Waals surface area contributed by atoms with Crippen LogP contribution in [0.3, 0.4) is 0 Å². The van der Waals surface area contributed by atoms with Crippen LogP contribution in [0.1, 0.15) is 5.56 Å². The van der Waals surface area contributed by atoms with E-state index in [1.807, 2.05) is 12.1 Å². The Kier molecular flexibility index (Phi) is 3.06. The van der Waals surface area contributed by atoms with E-state index < -0.39 is 8.07 Å². The van der Waals surface area contributed by atoms with Gasteiger partial charge in [0.05, 0.1) is 6.61 Å². The molecule has 0 aliphatic rings. The van der Waals surface area contributed by atoms with Gasteiger partial charge in [-0.3, -0.25) is 0 Å². The molecule has 0 unspecified atom stereocenters. The summed E-state index contributed by atoms with van der Waals surface area (Å²) in [5.74, 6) is 0. The molecule has 1 N–H and O–H groups in total. The van der Waals surface area contributed by atoms with Gasteiger partial charge < -0.3 is 5.11 Å². The van der Waals surface area contributed by atoms with Crippen LogP contribution in [0.5, 0.6) is 0 Å². The van der Waals surface area contributed by atoms with Crippen molar-refractivity contribution in [1.82, 2.24) is 0 Å². The molecule has 1 rings (SSSR count). The van der Waals surface area contributed by atoms with E-state index in [9.17, 15) is 0 Å². The highest BCUT2D eigenvalue weighted by Gasteiger charge is 2.18. The molecule has 1 aromatic carbocycles. The smallest absolute Gasteiger partial charge is 0.103 e. The fourth-order valence-electron chi connectivity index (χ4n) is 1.16. The Morgan fingerprint density at radius 1 is 1.31 bits per heavy atom. The largest absolute Gasteiger partial charge is 0.392 e. The van der Waals surface area contributed by atoms with E-state index in [4.69, 9.17) is 5.11 Å². The number of aliphatic hydroxyl groups is 1. The highest BCUT2D eigenvalue weighted by atomic mass is 28.3. The molecule has 70 valence electrons. The molecule has 0 aliphatic carbocycles. The van der Waals surface area contributed by atoms with E-state index in [-0.39, 0.29) is 6.61 Å². The van der Waals surface area contributed by atoms with Gasteiger partial charge in [-0.15, -0.1) is 6.58 Å². The van der Waals surface area contributed by atoms with Gasteiger partial charge in [-0.25, -0.2) is 0 Å². The van der Waals surface area contributed by atoms with E-state index >= 15 is 0 Å². The van der Waals surface area contributed by atoms with Crippen LogP contribution in [0.15, 0.2) is 36.5 Å². The first-order valence-corrected chi connectivity index (χ1v) is 7.52. The zero-order chi connectivity index (χ0) is 9.90. The Hall–Kier alpha value is -0.863. The minimum Gasteiger partial charge on any atom is -0.392 e. The number of hydrogen-bond acceptors (Lipinski definition) is 1. The quantitative estimate of drug-likeness (QED) is 0.724. The minimum atomic E-state index is -1.41. The third-order valence-electron chi connectivity index (χ3n) is 2.39. The van der Waals surface area contributed by atoms with Gasteiger partial charge in [-0.2, -0.15) is 0 Å². The summed E-state index contributed by atoms with van der Waals surface area (Å²) in [4.78, 5) is 0. The van der Waals surface area contributed by atoms with Crippen molar-refractivity contribution in [2.75, 3.05) is 0 Å². The van der Waals surface area contributed by atoms with Crippen LogP contribution < -0.4 is 5.19 Å². The lowest BCUT2D eigenvalue weighted by Crippen LogP contribution is -2.39. The lowest BCUT2D eigenvalue weighted by molar-refractivity contribution is 0.282. The van der Waals surface area contributed by atoms with Crippen LogP contribution in [0.25, 0.3) is 0 Å². The third kappa shape index (κ3) is 2.29. The minimum absolute atomic E-state index is 0.121. The average molecular weight is 192 g/mol. The van der Waals surface area contributed by atoms with Crippen LogP contribution in [-0.2, 0) is 6.61 Å². The van der Waals surface area contributed by atoms with Crippen LogP contribution in [-0.4, -0.2) is 13.2 Å². The predicted molar refractivity (Wildman–Crippen MR) is 59.7 cm³/mol. The molecule has 0 fully saturated rings. The number of rotatable bonds is 3. The van der Waals surface area contributed by atoms with Crippen molar-refractivity contribution in [2.24, 2.45) is 0 Å². The van der Waals surface area contributed by atoms with Crippen molar-refractivity contribution < 1.29 is 5.11 Å². The highest BCUT2D eigenvalue weighted by Crippen LogP contribution is 2.05. The molecule has 0 atom stereocenters. The van der Waals surface area contributed by atoms with Crippen LogP contribution in [0, 0.1) is 0 Å². The highest BCUT2D eigenvalue weighted by molar-refractivity contribution is 6.93. The molecular weight excluding hydrogens is 176 g/mol. The summed E-state index contributed by atoms with van der Waals surface area (Å²) < 4.78 is 0. The lowest BCUT2D eigenvalue weighted by Gasteiger charge is -2.17. The SMILES string of the molecule is C=C[Si](C)(C)c1ccc(CO)cc1. The normalized spacial score (nSPS) is 11.3. The summed E-state index contributed by atoms with van der Waals surface area (Å²) in [6.45, 7) is 8.50. The van der Waals surface area contributed by atoms with Crippen molar-refractivity contribution >= 4 is 13.3 Å². The van der Waals surface area contributed by atoms with Gasteiger partial charge >= 0.3 is 0 Å². The second kappa shape index (κ2) is 3.90.